The van der Waals surface area contributed by atoms with Crippen LogP contribution in [0.1, 0.15) is 6.42 Å². The summed E-state index contributed by atoms with van der Waals surface area (Å²) >= 11 is 12.0. The molecule has 3 amide bonds. The van der Waals surface area contributed by atoms with Gasteiger partial charge in [0.25, 0.3) is 0 Å². The molecule has 0 aromatic heterocycles. The summed E-state index contributed by atoms with van der Waals surface area (Å²) in [7, 11) is 3.08. The van der Waals surface area contributed by atoms with Gasteiger partial charge in [-0.2, -0.15) is 0 Å². The summed E-state index contributed by atoms with van der Waals surface area (Å²) in [4.78, 5) is 26.3. The van der Waals surface area contributed by atoms with Crippen LogP contribution in [0.15, 0.2) is 36.4 Å². The van der Waals surface area contributed by atoms with Crippen molar-refractivity contribution in [2.75, 3.05) is 31.0 Å². The monoisotopic (exact) mass is 423 g/mol. The van der Waals surface area contributed by atoms with E-state index in [9.17, 15) is 9.59 Å². The number of methoxy groups -OCH3 is 2. The molecular weight excluding hydrogens is 405 g/mol. The number of hydrogen-bond acceptors (Lipinski definition) is 4. The van der Waals surface area contributed by atoms with Crippen LogP contribution in [0.25, 0.3) is 0 Å². The second-order valence-electron chi connectivity index (χ2n) is 6.14. The van der Waals surface area contributed by atoms with E-state index in [0.717, 1.165) is 0 Å². The van der Waals surface area contributed by atoms with Crippen LogP contribution in [0.3, 0.4) is 0 Å². The highest BCUT2D eigenvalue weighted by Gasteiger charge is 2.32. The molecule has 0 saturated carbocycles. The van der Waals surface area contributed by atoms with E-state index in [1.165, 1.54) is 7.11 Å². The van der Waals surface area contributed by atoms with E-state index < -0.39 is 6.03 Å². The molecule has 1 atom stereocenters. The fourth-order valence-electron chi connectivity index (χ4n) is 2.99. The average molecular weight is 424 g/mol. The number of carbonyl (C=O) groups is 2. The summed E-state index contributed by atoms with van der Waals surface area (Å²) in [6, 6.07) is 9.37. The predicted octanol–water partition coefficient (Wildman–Crippen LogP) is 3.94. The number of carbonyl (C=O) groups excluding carboxylic acids is 2. The minimum absolute atomic E-state index is 0.0988. The van der Waals surface area contributed by atoms with Gasteiger partial charge in [0.2, 0.25) is 5.91 Å². The van der Waals surface area contributed by atoms with E-state index in [1.807, 2.05) is 0 Å². The molecular formula is C19H19Cl2N3O4. The minimum Gasteiger partial charge on any atom is -0.493 e. The number of ether oxygens (including phenoxy) is 2. The Morgan fingerprint density at radius 2 is 1.89 bits per heavy atom. The van der Waals surface area contributed by atoms with Crippen LogP contribution < -0.4 is 25.0 Å². The van der Waals surface area contributed by atoms with Crippen LogP contribution in [-0.2, 0) is 4.79 Å². The molecule has 1 aliphatic rings. The average Bonchev–Trinajstić information content (AvgIpc) is 3.04. The van der Waals surface area contributed by atoms with Crippen LogP contribution in [0.5, 0.6) is 11.5 Å². The molecule has 148 valence electrons. The van der Waals surface area contributed by atoms with Gasteiger partial charge < -0.3 is 25.0 Å². The van der Waals surface area contributed by atoms with Gasteiger partial charge in [-0.25, -0.2) is 4.79 Å². The van der Waals surface area contributed by atoms with Crippen molar-refractivity contribution in [1.29, 1.82) is 0 Å². The number of anilines is 2. The highest BCUT2D eigenvalue weighted by Crippen LogP contribution is 2.33. The van der Waals surface area contributed by atoms with Crippen molar-refractivity contribution in [2.45, 2.75) is 12.5 Å². The number of urea groups is 1. The van der Waals surface area contributed by atoms with E-state index in [1.54, 1.807) is 48.4 Å². The standard InChI is InChI=1S/C19H19Cl2N3O4/c1-27-15-7-6-12(9-16(15)28-2)24-10-11(8-17(24)25)22-19(26)23-14-5-3-4-13(20)18(14)21/h3-7,9,11H,8,10H2,1-2H3,(H2,22,23,26)/t11-/m1/s1. The number of benzene rings is 2. The zero-order valence-electron chi connectivity index (χ0n) is 15.3. The van der Waals surface area contributed by atoms with Gasteiger partial charge in [-0.15, -0.1) is 0 Å². The summed E-state index contributed by atoms with van der Waals surface area (Å²) < 4.78 is 10.5. The first-order valence-corrected chi connectivity index (χ1v) is 9.22. The Morgan fingerprint density at radius 1 is 1.14 bits per heavy atom. The summed E-state index contributed by atoms with van der Waals surface area (Å²) in [6.07, 6.45) is 0.186. The zero-order valence-corrected chi connectivity index (χ0v) is 16.8. The van der Waals surface area contributed by atoms with Gasteiger partial charge in [0, 0.05) is 24.7 Å². The Morgan fingerprint density at radius 3 is 2.61 bits per heavy atom. The number of rotatable bonds is 5. The lowest BCUT2D eigenvalue weighted by atomic mass is 10.2. The molecule has 1 aliphatic heterocycles. The lowest BCUT2D eigenvalue weighted by Crippen LogP contribution is -2.39. The molecule has 1 heterocycles. The lowest BCUT2D eigenvalue weighted by Gasteiger charge is -2.19. The van der Waals surface area contributed by atoms with Crippen molar-refractivity contribution in [3.05, 3.63) is 46.4 Å². The third-order valence-electron chi connectivity index (χ3n) is 4.34. The maximum absolute atomic E-state index is 12.4. The molecule has 3 rings (SSSR count). The van der Waals surface area contributed by atoms with Crippen LogP contribution >= 0.6 is 23.2 Å². The summed E-state index contributed by atoms with van der Waals surface area (Å²) in [5, 5.41) is 6.03. The number of amides is 3. The number of halogens is 2. The Labute approximate surface area is 172 Å². The van der Waals surface area contributed by atoms with Crippen LogP contribution in [0, 0.1) is 0 Å². The van der Waals surface area contributed by atoms with Crippen LogP contribution in [0.4, 0.5) is 16.2 Å². The lowest BCUT2D eigenvalue weighted by molar-refractivity contribution is -0.117. The molecule has 0 unspecified atom stereocenters. The van der Waals surface area contributed by atoms with Gasteiger partial charge in [0.15, 0.2) is 11.5 Å². The largest absolute Gasteiger partial charge is 0.493 e. The minimum atomic E-state index is -0.462. The van der Waals surface area contributed by atoms with Gasteiger partial charge in [-0.1, -0.05) is 29.3 Å². The van der Waals surface area contributed by atoms with Crippen molar-refractivity contribution < 1.29 is 19.1 Å². The first-order valence-electron chi connectivity index (χ1n) is 8.47. The predicted molar refractivity (Wildman–Crippen MR) is 109 cm³/mol. The topological polar surface area (TPSA) is 79.9 Å². The Hall–Kier alpha value is -2.64. The third-order valence-corrected chi connectivity index (χ3v) is 5.16. The van der Waals surface area contributed by atoms with Crippen molar-refractivity contribution in [3.63, 3.8) is 0 Å². The smallest absolute Gasteiger partial charge is 0.319 e. The van der Waals surface area contributed by atoms with Crippen molar-refractivity contribution in [3.8, 4) is 11.5 Å². The second-order valence-corrected chi connectivity index (χ2v) is 6.93. The highest BCUT2D eigenvalue weighted by molar-refractivity contribution is 6.43. The molecule has 0 spiro atoms. The van der Waals surface area contributed by atoms with Gasteiger partial charge in [0.1, 0.15) is 0 Å². The van der Waals surface area contributed by atoms with Crippen LogP contribution in [0.2, 0.25) is 10.0 Å². The molecule has 0 aliphatic carbocycles. The quantitative estimate of drug-likeness (QED) is 0.762. The maximum Gasteiger partial charge on any atom is 0.319 e. The van der Waals surface area contributed by atoms with Gasteiger partial charge >= 0.3 is 6.03 Å². The number of nitrogens with one attached hydrogen (secondary N) is 2. The van der Waals surface area contributed by atoms with Crippen molar-refractivity contribution >= 4 is 46.5 Å². The molecule has 28 heavy (non-hydrogen) atoms. The zero-order chi connectivity index (χ0) is 20.3. The second kappa shape index (κ2) is 8.58. The number of nitrogens with zero attached hydrogens (tertiary/aromatic N) is 1. The normalized spacial score (nSPS) is 16.1. The third kappa shape index (κ3) is 4.26. The Kier molecular flexibility index (Phi) is 6.16. The molecule has 9 heteroatoms. The van der Waals surface area contributed by atoms with E-state index in [0.29, 0.717) is 34.4 Å². The Bertz CT molecular complexity index is 907. The number of hydrogen-bond donors (Lipinski definition) is 2. The maximum atomic E-state index is 12.4. The van der Waals surface area contributed by atoms with Crippen molar-refractivity contribution in [2.24, 2.45) is 0 Å². The fourth-order valence-corrected chi connectivity index (χ4v) is 3.34. The molecule has 2 aromatic carbocycles. The van der Waals surface area contributed by atoms with Gasteiger partial charge in [-0.3, -0.25) is 4.79 Å². The summed E-state index contributed by atoms with van der Waals surface area (Å²) in [5.74, 6) is 1.00. The molecule has 0 radical (unpaired) electrons. The van der Waals surface area contributed by atoms with Gasteiger partial charge in [0.05, 0.1) is 36.0 Å². The van der Waals surface area contributed by atoms with Crippen LogP contribution in [-0.4, -0.2) is 38.7 Å². The van der Waals surface area contributed by atoms with E-state index in [2.05, 4.69) is 10.6 Å². The molecule has 2 aromatic rings. The van der Waals surface area contributed by atoms with E-state index in [4.69, 9.17) is 32.7 Å². The first kappa shape index (κ1) is 20.1. The molecule has 1 saturated heterocycles. The summed E-state index contributed by atoms with van der Waals surface area (Å²) in [6.45, 7) is 0.338. The van der Waals surface area contributed by atoms with Crippen molar-refractivity contribution in [1.82, 2.24) is 5.32 Å². The first-order chi connectivity index (χ1) is 13.4. The van der Waals surface area contributed by atoms with E-state index >= 15 is 0 Å². The van der Waals surface area contributed by atoms with Gasteiger partial charge in [-0.05, 0) is 24.3 Å². The molecule has 7 nitrogen and oxygen atoms in total. The molecule has 0 bridgehead atoms. The molecule has 1 fully saturated rings. The fraction of sp³-hybridized carbons (Fsp3) is 0.263. The SMILES string of the molecule is COc1ccc(N2C[C@H](NC(=O)Nc3cccc(Cl)c3Cl)CC2=O)cc1OC. The Balaban J connectivity index is 1.66. The summed E-state index contributed by atoms with van der Waals surface area (Å²) in [5.41, 5.74) is 1.07. The van der Waals surface area contributed by atoms with E-state index in [-0.39, 0.29) is 23.4 Å². The highest BCUT2D eigenvalue weighted by atomic mass is 35.5. The molecule has 2 N–H and O–H groups in total.